The van der Waals surface area contributed by atoms with Gasteiger partial charge in [-0.05, 0) is 73.2 Å². The number of primary amides is 1. The third kappa shape index (κ3) is 6.74. The summed E-state index contributed by atoms with van der Waals surface area (Å²) < 4.78 is 0. The Hall–Kier alpha value is -3.16. The number of amides is 2. The molecule has 236 valence electrons. The van der Waals surface area contributed by atoms with Gasteiger partial charge in [0, 0.05) is 35.0 Å². The van der Waals surface area contributed by atoms with Crippen molar-refractivity contribution in [1.29, 1.82) is 5.26 Å². The number of benzene rings is 2. The van der Waals surface area contributed by atoms with E-state index in [9.17, 15) is 24.8 Å². The van der Waals surface area contributed by atoms with Crippen molar-refractivity contribution in [2.24, 2.45) is 11.1 Å². The number of piperidine rings is 1. The number of carbonyl (C=O) groups excluding carboxylic acids is 2. The Morgan fingerprint density at radius 2 is 1.77 bits per heavy atom. The maximum atomic E-state index is 13.6. The fourth-order valence-electron chi connectivity index (χ4n) is 7.34. The van der Waals surface area contributed by atoms with Gasteiger partial charge in [0.1, 0.15) is 11.5 Å². The van der Waals surface area contributed by atoms with E-state index in [1.54, 1.807) is 58.3 Å². The molecule has 2 amide bonds. The van der Waals surface area contributed by atoms with Crippen LogP contribution < -0.4 is 11.1 Å². The maximum Gasteiger partial charge on any atom is 0.321 e. The third-order valence-electron chi connectivity index (χ3n) is 8.90. The molecule has 2 aliphatic heterocycles. The Labute approximate surface area is 269 Å². The SMILES string of the molecule is CC(=O)N(C1CCNCC1)C(CC(N)=O)N1[C@@H](CC(C)(C)C)[C@](C#N)(c2ccc(Cl)cc2)[C@@H](c2cccc(Cl)c2)[C@@H]1C(=O)O. The van der Waals surface area contributed by atoms with Crippen LogP contribution in [0.5, 0.6) is 0 Å². The molecular weight excluding hydrogens is 601 g/mol. The highest BCUT2D eigenvalue weighted by Gasteiger charge is 2.66. The first-order chi connectivity index (χ1) is 20.7. The van der Waals surface area contributed by atoms with Crippen molar-refractivity contribution < 1.29 is 19.5 Å². The smallest absolute Gasteiger partial charge is 0.321 e. The van der Waals surface area contributed by atoms with Gasteiger partial charge in [0.05, 0.1) is 18.7 Å². The topological polar surface area (TPSA) is 140 Å². The minimum atomic E-state index is -1.45. The predicted octanol–water partition coefficient (Wildman–Crippen LogP) is 4.91. The lowest BCUT2D eigenvalue weighted by Gasteiger charge is -2.48. The molecule has 44 heavy (non-hydrogen) atoms. The molecule has 2 fully saturated rings. The number of hydrogen-bond acceptors (Lipinski definition) is 6. The number of aliphatic carboxylic acids is 1. The summed E-state index contributed by atoms with van der Waals surface area (Å²) in [4.78, 5) is 43.3. The number of nitriles is 1. The largest absolute Gasteiger partial charge is 0.480 e. The zero-order chi connectivity index (χ0) is 32.4. The van der Waals surface area contributed by atoms with Gasteiger partial charge in [-0.1, -0.05) is 68.2 Å². The molecule has 0 bridgehead atoms. The summed E-state index contributed by atoms with van der Waals surface area (Å²) in [6.07, 6.45) is 0.326. The average Bonchev–Trinajstić information content (AvgIpc) is 3.23. The van der Waals surface area contributed by atoms with Gasteiger partial charge in [0.25, 0.3) is 0 Å². The van der Waals surface area contributed by atoms with Crippen LogP contribution in [-0.2, 0) is 19.8 Å². The second-order valence-electron chi connectivity index (χ2n) is 13.1. The van der Waals surface area contributed by atoms with Crippen LogP contribution in [0.15, 0.2) is 48.5 Å². The minimum absolute atomic E-state index is 0.250. The first-order valence-corrected chi connectivity index (χ1v) is 15.7. The number of likely N-dealkylation sites (tertiary alicyclic amines) is 1. The molecule has 2 aliphatic rings. The van der Waals surface area contributed by atoms with Crippen LogP contribution in [0, 0.1) is 16.7 Å². The second-order valence-corrected chi connectivity index (χ2v) is 14.0. The van der Waals surface area contributed by atoms with Crippen LogP contribution in [-0.4, -0.2) is 70.1 Å². The molecule has 5 atom stereocenters. The van der Waals surface area contributed by atoms with Crippen molar-refractivity contribution in [3.05, 3.63) is 69.7 Å². The number of hydrogen-bond donors (Lipinski definition) is 3. The van der Waals surface area contributed by atoms with E-state index in [0.717, 1.165) is 0 Å². The van der Waals surface area contributed by atoms with Crippen molar-refractivity contribution in [1.82, 2.24) is 15.1 Å². The van der Waals surface area contributed by atoms with E-state index in [-0.39, 0.29) is 18.4 Å². The molecule has 4 N–H and O–H groups in total. The molecule has 0 saturated carbocycles. The van der Waals surface area contributed by atoms with Crippen LogP contribution in [0.4, 0.5) is 0 Å². The molecule has 1 unspecified atom stereocenters. The first kappa shape index (κ1) is 33.7. The minimum Gasteiger partial charge on any atom is -0.480 e. The molecule has 0 spiro atoms. The number of carboxylic acid groups (broad SMARTS) is 1. The van der Waals surface area contributed by atoms with Gasteiger partial charge in [-0.25, -0.2) is 0 Å². The highest BCUT2D eigenvalue weighted by Crippen LogP contribution is 2.57. The van der Waals surface area contributed by atoms with Crippen LogP contribution in [0.3, 0.4) is 0 Å². The van der Waals surface area contributed by atoms with Crippen molar-refractivity contribution in [3.8, 4) is 6.07 Å². The van der Waals surface area contributed by atoms with E-state index in [0.29, 0.717) is 53.5 Å². The molecule has 0 aromatic heterocycles. The normalized spacial score (nSPS) is 25.2. The lowest BCUT2D eigenvalue weighted by molar-refractivity contribution is -0.155. The highest BCUT2D eigenvalue weighted by atomic mass is 35.5. The quantitative estimate of drug-likeness (QED) is 0.353. The molecule has 2 aromatic rings. The van der Waals surface area contributed by atoms with Gasteiger partial charge in [-0.3, -0.25) is 19.3 Å². The number of nitrogens with zero attached hydrogens (tertiary/aromatic N) is 3. The van der Waals surface area contributed by atoms with E-state index in [1.165, 1.54) is 6.92 Å². The number of rotatable bonds is 9. The molecular formula is C33H41Cl2N5O4. The van der Waals surface area contributed by atoms with Gasteiger partial charge < -0.3 is 21.1 Å². The Morgan fingerprint density at radius 3 is 2.27 bits per heavy atom. The van der Waals surface area contributed by atoms with Crippen molar-refractivity contribution in [2.45, 2.75) is 89.0 Å². The van der Waals surface area contributed by atoms with Gasteiger partial charge >= 0.3 is 5.97 Å². The lowest BCUT2D eigenvalue weighted by Crippen LogP contribution is -2.62. The summed E-state index contributed by atoms with van der Waals surface area (Å²) in [5.74, 6) is -3.08. The van der Waals surface area contributed by atoms with Crippen LogP contribution >= 0.6 is 23.2 Å². The number of carboxylic acids is 1. The van der Waals surface area contributed by atoms with Crippen LogP contribution in [0.2, 0.25) is 10.0 Å². The molecule has 9 nitrogen and oxygen atoms in total. The summed E-state index contributed by atoms with van der Waals surface area (Å²) in [5.41, 5.74) is 5.17. The Balaban J connectivity index is 2.11. The standard InChI is InChI=1S/C33H41Cl2N5O4/c1-20(41)39(25-12-14-38-15-13-25)28(17-27(37)42)40-26(18-32(2,3)4)33(19-36,22-8-10-23(34)11-9-22)29(30(40)31(43)44)21-6-5-7-24(35)16-21/h5-11,16,25-26,28-30,38H,12-15,17-18H2,1-4H3,(H2,37,42)(H,43,44)/t26-,28?,29-,30+,33-/m0/s1. The van der Waals surface area contributed by atoms with Crippen LogP contribution in [0.25, 0.3) is 0 Å². The monoisotopic (exact) mass is 641 g/mol. The average molecular weight is 643 g/mol. The Morgan fingerprint density at radius 1 is 1.14 bits per heavy atom. The summed E-state index contributed by atoms with van der Waals surface area (Å²) >= 11 is 12.8. The van der Waals surface area contributed by atoms with E-state index in [1.807, 2.05) is 20.8 Å². The van der Waals surface area contributed by atoms with Gasteiger partial charge in [0.2, 0.25) is 11.8 Å². The second kappa shape index (κ2) is 13.5. The van der Waals surface area contributed by atoms with Gasteiger partial charge in [0.15, 0.2) is 0 Å². The Bertz CT molecular complexity index is 1420. The van der Waals surface area contributed by atoms with Gasteiger partial charge in [-0.15, -0.1) is 0 Å². The molecule has 0 radical (unpaired) electrons. The van der Waals surface area contributed by atoms with E-state index >= 15 is 0 Å². The van der Waals surface area contributed by atoms with E-state index < -0.39 is 46.9 Å². The number of nitrogens with one attached hydrogen (secondary N) is 1. The number of halogens is 2. The van der Waals surface area contributed by atoms with E-state index in [2.05, 4.69) is 11.4 Å². The first-order valence-electron chi connectivity index (χ1n) is 14.9. The molecule has 0 aliphatic carbocycles. The zero-order valence-electron chi connectivity index (χ0n) is 25.6. The molecule has 4 rings (SSSR count). The fourth-order valence-corrected chi connectivity index (χ4v) is 7.67. The van der Waals surface area contributed by atoms with Gasteiger partial charge in [-0.2, -0.15) is 5.26 Å². The summed E-state index contributed by atoms with van der Waals surface area (Å²) in [6.45, 7) is 8.85. The lowest BCUT2D eigenvalue weighted by atomic mass is 9.63. The zero-order valence-corrected chi connectivity index (χ0v) is 27.1. The molecule has 2 aromatic carbocycles. The summed E-state index contributed by atoms with van der Waals surface area (Å²) in [7, 11) is 0. The molecule has 2 saturated heterocycles. The number of carbonyl (C=O) groups is 3. The highest BCUT2D eigenvalue weighted by molar-refractivity contribution is 6.30. The summed E-state index contributed by atoms with van der Waals surface area (Å²) in [5, 5.41) is 26.6. The Kier molecular flexibility index (Phi) is 10.3. The van der Waals surface area contributed by atoms with Crippen LogP contribution in [0.1, 0.15) is 70.4 Å². The molecule has 11 heteroatoms. The van der Waals surface area contributed by atoms with Crippen molar-refractivity contribution in [2.75, 3.05) is 13.1 Å². The number of nitrogens with two attached hydrogens (primary N) is 1. The van der Waals surface area contributed by atoms with E-state index in [4.69, 9.17) is 28.9 Å². The summed E-state index contributed by atoms with van der Waals surface area (Å²) in [6, 6.07) is 14.1. The predicted molar refractivity (Wildman–Crippen MR) is 170 cm³/mol. The van der Waals surface area contributed by atoms with Crippen molar-refractivity contribution in [3.63, 3.8) is 0 Å². The maximum absolute atomic E-state index is 13.6. The fraction of sp³-hybridized carbons (Fsp3) is 0.515. The van der Waals surface area contributed by atoms with Crippen molar-refractivity contribution >= 4 is 41.0 Å². The third-order valence-corrected chi connectivity index (χ3v) is 9.39. The molecule has 2 heterocycles.